The van der Waals surface area contributed by atoms with E-state index in [1.807, 2.05) is 0 Å². The third-order valence-corrected chi connectivity index (χ3v) is 3.23. The molecular formula is C10H19NO2. The van der Waals surface area contributed by atoms with Gasteiger partial charge in [0.2, 0.25) is 0 Å². The average molecular weight is 185 g/mol. The molecular weight excluding hydrogens is 166 g/mol. The highest BCUT2D eigenvalue weighted by Gasteiger charge is 2.38. The van der Waals surface area contributed by atoms with Gasteiger partial charge in [0, 0.05) is 0 Å². The van der Waals surface area contributed by atoms with Crippen molar-refractivity contribution in [2.75, 3.05) is 7.05 Å². The maximum absolute atomic E-state index is 11.0. The number of carboxylic acid groups (broad SMARTS) is 1. The van der Waals surface area contributed by atoms with Gasteiger partial charge in [0.05, 0.1) is 0 Å². The minimum Gasteiger partial charge on any atom is -0.480 e. The summed E-state index contributed by atoms with van der Waals surface area (Å²) >= 11 is 0. The Hall–Kier alpha value is -0.570. The second-order valence-electron chi connectivity index (χ2n) is 4.27. The summed E-state index contributed by atoms with van der Waals surface area (Å²) in [4.78, 5) is 11.0. The Balaban J connectivity index is 2.68. The lowest BCUT2D eigenvalue weighted by Crippen LogP contribution is -2.48. The van der Waals surface area contributed by atoms with E-state index in [9.17, 15) is 4.79 Å². The summed E-state index contributed by atoms with van der Waals surface area (Å²) in [6.07, 6.45) is 5.66. The molecule has 1 atom stereocenters. The summed E-state index contributed by atoms with van der Waals surface area (Å²) in [5, 5.41) is 11.9. The molecule has 0 aromatic heterocycles. The van der Waals surface area contributed by atoms with Crippen LogP contribution >= 0.6 is 0 Å². The molecule has 0 aromatic rings. The Morgan fingerprint density at radius 1 is 1.38 bits per heavy atom. The predicted octanol–water partition coefficient (Wildman–Crippen LogP) is 1.63. The van der Waals surface area contributed by atoms with E-state index in [-0.39, 0.29) is 11.5 Å². The van der Waals surface area contributed by atoms with Gasteiger partial charge >= 0.3 is 5.97 Å². The molecule has 0 bridgehead atoms. The summed E-state index contributed by atoms with van der Waals surface area (Å²) in [7, 11) is 1.73. The monoisotopic (exact) mass is 185 g/mol. The minimum atomic E-state index is -0.716. The Morgan fingerprint density at radius 2 is 1.92 bits per heavy atom. The maximum atomic E-state index is 11.0. The van der Waals surface area contributed by atoms with Crippen LogP contribution in [0.2, 0.25) is 0 Å². The van der Waals surface area contributed by atoms with E-state index in [0.29, 0.717) is 0 Å². The van der Waals surface area contributed by atoms with E-state index in [0.717, 1.165) is 12.8 Å². The number of carboxylic acids is 1. The third kappa shape index (κ3) is 2.21. The van der Waals surface area contributed by atoms with Crippen molar-refractivity contribution in [2.45, 2.75) is 45.1 Å². The standard InChI is InChI=1S/C10H19NO2/c1-10(6-4-3-5-7-10)8(11-2)9(12)13/h8,11H,3-7H2,1-2H3,(H,12,13). The lowest BCUT2D eigenvalue weighted by Gasteiger charge is -2.38. The van der Waals surface area contributed by atoms with E-state index in [1.54, 1.807) is 7.05 Å². The van der Waals surface area contributed by atoms with Gasteiger partial charge in [0.15, 0.2) is 0 Å². The first-order chi connectivity index (χ1) is 6.10. The number of rotatable bonds is 3. The average Bonchev–Trinajstić information content (AvgIpc) is 2.05. The Kier molecular flexibility index (Phi) is 3.31. The number of carbonyl (C=O) groups is 1. The Morgan fingerprint density at radius 3 is 2.31 bits per heavy atom. The number of aliphatic carboxylic acids is 1. The van der Waals surface area contributed by atoms with Crippen LogP contribution in [0.1, 0.15) is 39.0 Å². The molecule has 13 heavy (non-hydrogen) atoms. The summed E-state index contributed by atoms with van der Waals surface area (Å²) in [6.45, 7) is 2.08. The number of hydrogen-bond donors (Lipinski definition) is 2. The fourth-order valence-corrected chi connectivity index (χ4v) is 2.42. The van der Waals surface area contributed by atoms with Gasteiger partial charge < -0.3 is 10.4 Å². The van der Waals surface area contributed by atoms with Crippen molar-refractivity contribution in [1.82, 2.24) is 5.32 Å². The van der Waals surface area contributed by atoms with Crippen molar-refractivity contribution < 1.29 is 9.90 Å². The molecule has 1 fully saturated rings. The van der Waals surface area contributed by atoms with Crippen molar-refractivity contribution >= 4 is 5.97 Å². The summed E-state index contributed by atoms with van der Waals surface area (Å²) in [5.74, 6) is -0.716. The van der Waals surface area contributed by atoms with Gasteiger partial charge in [-0.2, -0.15) is 0 Å². The lowest BCUT2D eigenvalue weighted by molar-refractivity contribution is -0.143. The zero-order valence-corrected chi connectivity index (χ0v) is 8.47. The van der Waals surface area contributed by atoms with Gasteiger partial charge in [-0.25, -0.2) is 0 Å². The van der Waals surface area contributed by atoms with E-state index < -0.39 is 5.97 Å². The van der Waals surface area contributed by atoms with Crippen LogP contribution < -0.4 is 5.32 Å². The summed E-state index contributed by atoms with van der Waals surface area (Å²) in [6, 6.07) is -0.382. The molecule has 1 aliphatic rings. The molecule has 0 saturated heterocycles. The van der Waals surface area contributed by atoms with E-state index in [2.05, 4.69) is 12.2 Å². The molecule has 0 aromatic carbocycles. The molecule has 1 rings (SSSR count). The molecule has 0 spiro atoms. The van der Waals surface area contributed by atoms with Crippen molar-refractivity contribution in [3.05, 3.63) is 0 Å². The van der Waals surface area contributed by atoms with Crippen LogP contribution in [0.3, 0.4) is 0 Å². The highest BCUT2D eigenvalue weighted by molar-refractivity contribution is 5.74. The van der Waals surface area contributed by atoms with Gasteiger partial charge in [-0.15, -0.1) is 0 Å². The van der Waals surface area contributed by atoms with Crippen molar-refractivity contribution in [3.8, 4) is 0 Å². The van der Waals surface area contributed by atoms with Gasteiger partial charge in [0.25, 0.3) is 0 Å². The summed E-state index contributed by atoms with van der Waals surface area (Å²) < 4.78 is 0. The molecule has 0 heterocycles. The normalized spacial score (nSPS) is 23.8. The lowest BCUT2D eigenvalue weighted by atomic mass is 9.70. The first kappa shape index (κ1) is 10.5. The van der Waals surface area contributed by atoms with Gasteiger partial charge in [-0.1, -0.05) is 26.2 Å². The van der Waals surface area contributed by atoms with Gasteiger partial charge in [0.1, 0.15) is 6.04 Å². The Bertz CT molecular complexity index is 185. The highest BCUT2D eigenvalue weighted by Crippen LogP contribution is 2.38. The first-order valence-electron chi connectivity index (χ1n) is 5.00. The molecule has 76 valence electrons. The quantitative estimate of drug-likeness (QED) is 0.702. The minimum absolute atomic E-state index is 0.0428. The van der Waals surface area contributed by atoms with Crippen LogP contribution in [0, 0.1) is 5.41 Å². The molecule has 2 N–H and O–H groups in total. The number of hydrogen-bond acceptors (Lipinski definition) is 2. The largest absolute Gasteiger partial charge is 0.480 e. The highest BCUT2D eigenvalue weighted by atomic mass is 16.4. The van der Waals surface area contributed by atoms with E-state index in [4.69, 9.17) is 5.11 Å². The molecule has 0 aliphatic heterocycles. The molecule has 1 aliphatic carbocycles. The molecule has 3 heteroatoms. The number of likely N-dealkylation sites (N-methyl/N-ethyl adjacent to an activating group) is 1. The molecule has 1 unspecified atom stereocenters. The molecule has 0 radical (unpaired) electrons. The summed E-state index contributed by atoms with van der Waals surface area (Å²) in [5.41, 5.74) is -0.0428. The van der Waals surface area contributed by atoms with Crippen LogP contribution in [-0.2, 0) is 4.79 Å². The van der Waals surface area contributed by atoms with Gasteiger partial charge in [-0.3, -0.25) is 4.79 Å². The van der Waals surface area contributed by atoms with Crippen molar-refractivity contribution in [1.29, 1.82) is 0 Å². The van der Waals surface area contributed by atoms with E-state index in [1.165, 1.54) is 19.3 Å². The van der Waals surface area contributed by atoms with E-state index >= 15 is 0 Å². The van der Waals surface area contributed by atoms with Crippen molar-refractivity contribution in [2.24, 2.45) is 5.41 Å². The maximum Gasteiger partial charge on any atom is 0.321 e. The second kappa shape index (κ2) is 4.09. The Labute approximate surface area is 79.5 Å². The SMILES string of the molecule is CNC(C(=O)O)C1(C)CCCCC1. The molecule has 1 saturated carbocycles. The van der Waals surface area contributed by atoms with Crippen LogP contribution in [-0.4, -0.2) is 24.2 Å². The number of nitrogens with one attached hydrogen (secondary N) is 1. The molecule has 3 nitrogen and oxygen atoms in total. The smallest absolute Gasteiger partial charge is 0.321 e. The molecule has 0 amide bonds. The van der Waals surface area contributed by atoms with Gasteiger partial charge in [-0.05, 0) is 25.3 Å². The topological polar surface area (TPSA) is 49.3 Å². The van der Waals surface area contributed by atoms with Crippen LogP contribution in [0.15, 0.2) is 0 Å². The van der Waals surface area contributed by atoms with Crippen LogP contribution in [0.4, 0.5) is 0 Å². The zero-order chi connectivity index (χ0) is 9.90. The van der Waals surface area contributed by atoms with Crippen LogP contribution in [0.25, 0.3) is 0 Å². The zero-order valence-electron chi connectivity index (χ0n) is 8.47. The third-order valence-electron chi connectivity index (χ3n) is 3.23. The second-order valence-corrected chi connectivity index (χ2v) is 4.27. The fraction of sp³-hybridized carbons (Fsp3) is 0.900. The first-order valence-corrected chi connectivity index (χ1v) is 5.00. The van der Waals surface area contributed by atoms with Crippen LogP contribution in [0.5, 0.6) is 0 Å². The van der Waals surface area contributed by atoms with Crippen molar-refractivity contribution in [3.63, 3.8) is 0 Å². The fourth-order valence-electron chi connectivity index (χ4n) is 2.42. The predicted molar refractivity (Wildman–Crippen MR) is 51.7 cm³/mol.